The maximum absolute atomic E-state index is 10.4. The molecule has 0 N–H and O–H groups in total. The lowest BCUT2D eigenvalue weighted by Gasteiger charge is -2.31. The van der Waals surface area contributed by atoms with Crippen LogP contribution in [0.3, 0.4) is 0 Å². The van der Waals surface area contributed by atoms with Crippen molar-refractivity contribution in [2.45, 2.75) is 19.4 Å². The lowest BCUT2D eigenvalue weighted by molar-refractivity contribution is -0.115. The first-order valence-corrected chi connectivity index (χ1v) is 5.97. The van der Waals surface area contributed by atoms with E-state index in [4.69, 9.17) is 9.47 Å². The summed E-state index contributed by atoms with van der Waals surface area (Å²) in [5, 5.41) is 0. The van der Waals surface area contributed by atoms with Crippen LogP contribution in [0, 0.1) is 11.8 Å². The minimum absolute atomic E-state index is 0.282. The fourth-order valence-electron chi connectivity index (χ4n) is 2.10. The van der Waals surface area contributed by atoms with Gasteiger partial charge in [0, 0.05) is 12.5 Å². The molecule has 3 heteroatoms. The van der Waals surface area contributed by atoms with Crippen LogP contribution in [0.2, 0.25) is 0 Å². The number of rotatable bonds is 6. The van der Waals surface area contributed by atoms with Crippen molar-refractivity contribution in [3.63, 3.8) is 0 Å². The van der Waals surface area contributed by atoms with Gasteiger partial charge in [0.05, 0.1) is 13.7 Å². The Labute approximate surface area is 102 Å². The van der Waals surface area contributed by atoms with E-state index in [2.05, 4.69) is 0 Å². The first-order chi connectivity index (χ1) is 8.31. The fraction of sp³-hybridized carbons (Fsp3) is 0.500. The van der Waals surface area contributed by atoms with Crippen molar-refractivity contribution < 1.29 is 14.3 Å². The Morgan fingerprint density at radius 3 is 2.59 bits per heavy atom. The van der Waals surface area contributed by atoms with Gasteiger partial charge in [0.15, 0.2) is 0 Å². The monoisotopic (exact) mass is 234 g/mol. The Morgan fingerprint density at radius 1 is 1.29 bits per heavy atom. The SMILES string of the molecule is COc1ccc(COCC2CC(C=O)C2)cc1. The van der Waals surface area contributed by atoms with Crippen molar-refractivity contribution in [1.82, 2.24) is 0 Å². The maximum atomic E-state index is 10.4. The molecule has 0 amide bonds. The number of hydrogen-bond donors (Lipinski definition) is 0. The predicted octanol–water partition coefficient (Wildman–Crippen LogP) is 2.44. The van der Waals surface area contributed by atoms with Crippen LogP contribution in [0.4, 0.5) is 0 Å². The van der Waals surface area contributed by atoms with E-state index in [1.165, 1.54) is 0 Å². The maximum Gasteiger partial charge on any atom is 0.123 e. The third-order valence-electron chi connectivity index (χ3n) is 3.25. The number of ether oxygens (including phenoxy) is 2. The highest BCUT2D eigenvalue weighted by atomic mass is 16.5. The molecule has 1 aromatic rings. The predicted molar refractivity (Wildman–Crippen MR) is 64.9 cm³/mol. The van der Waals surface area contributed by atoms with Crippen molar-refractivity contribution in [3.8, 4) is 5.75 Å². The van der Waals surface area contributed by atoms with E-state index < -0.39 is 0 Å². The Hall–Kier alpha value is -1.35. The largest absolute Gasteiger partial charge is 0.497 e. The van der Waals surface area contributed by atoms with Crippen LogP contribution in [0.25, 0.3) is 0 Å². The summed E-state index contributed by atoms with van der Waals surface area (Å²) in [6.07, 6.45) is 3.04. The van der Waals surface area contributed by atoms with Gasteiger partial charge in [-0.25, -0.2) is 0 Å². The zero-order chi connectivity index (χ0) is 12.1. The molecule has 0 aromatic heterocycles. The van der Waals surface area contributed by atoms with Crippen LogP contribution in [-0.4, -0.2) is 20.0 Å². The second-order valence-electron chi connectivity index (χ2n) is 4.60. The number of aldehydes is 1. The van der Waals surface area contributed by atoms with Gasteiger partial charge >= 0.3 is 0 Å². The lowest BCUT2D eigenvalue weighted by Crippen LogP contribution is -2.28. The number of benzene rings is 1. The molecule has 0 atom stereocenters. The second-order valence-corrected chi connectivity index (χ2v) is 4.60. The van der Waals surface area contributed by atoms with Crippen molar-refractivity contribution in [2.75, 3.05) is 13.7 Å². The summed E-state index contributed by atoms with van der Waals surface area (Å²) in [6, 6.07) is 7.89. The van der Waals surface area contributed by atoms with Crippen molar-refractivity contribution in [2.24, 2.45) is 11.8 Å². The second kappa shape index (κ2) is 5.82. The van der Waals surface area contributed by atoms with Gasteiger partial charge in [-0.2, -0.15) is 0 Å². The van der Waals surface area contributed by atoms with Gasteiger partial charge in [0.2, 0.25) is 0 Å². The number of hydrogen-bond acceptors (Lipinski definition) is 3. The highest BCUT2D eigenvalue weighted by molar-refractivity contribution is 5.54. The third-order valence-corrected chi connectivity index (χ3v) is 3.25. The molecular formula is C14H18O3. The molecule has 1 aromatic carbocycles. The third kappa shape index (κ3) is 3.30. The summed E-state index contributed by atoms with van der Waals surface area (Å²) >= 11 is 0. The molecule has 0 aliphatic heterocycles. The van der Waals surface area contributed by atoms with Crippen LogP contribution in [0.5, 0.6) is 5.75 Å². The number of methoxy groups -OCH3 is 1. The zero-order valence-electron chi connectivity index (χ0n) is 10.1. The molecule has 17 heavy (non-hydrogen) atoms. The van der Waals surface area contributed by atoms with E-state index in [0.717, 1.165) is 37.0 Å². The number of carbonyl (C=O) groups excluding carboxylic acids is 1. The molecule has 0 heterocycles. The fourth-order valence-corrected chi connectivity index (χ4v) is 2.10. The van der Waals surface area contributed by atoms with Gasteiger partial charge in [-0.05, 0) is 36.5 Å². The molecular weight excluding hydrogens is 216 g/mol. The summed E-state index contributed by atoms with van der Waals surface area (Å²) in [5.41, 5.74) is 1.15. The van der Waals surface area contributed by atoms with Crippen molar-refractivity contribution in [3.05, 3.63) is 29.8 Å². The Kier molecular flexibility index (Phi) is 4.15. The molecule has 0 bridgehead atoms. The lowest BCUT2D eigenvalue weighted by atomic mass is 9.76. The number of carbonyl (C=O) groups is 1. The minimum Gasteiger partial charge on any atom is -0.497 e. The van der Waals surface area contributed by atoms with E-state index in [1.807, 2.05) is 24.3 Å². The molecule has 2 rings (SSSR count). The molecule has 0 spiro atoms. The van der Waals surface area contributed by atoms with Crippen molar-refractivity contribution >= 4 is 6.29 Å². The average molecular weight is 234 g/mol. The summed E-state index contributed by atoms with van der Waals surface area (Å²) in [5.74, 6) is 1.72. The van der Waals surface area contributed by atoms with Crippen LogP contribution in [0.1, 0.15) is 18.4 Å². The van der Waals surface area contributed by atoms with Crippen LogP contribution < -0.4 is 4.74 Å². The Morgan fingerprint density at radius 2 is 2.00 bits per heavy atom. The van der Waals surface area contributed by atoms with Gasteiger partial charge in [0.1, 0.15) is 12.0 Å². The highest BCUT2D eigenvalue weighted by Gasteiger charge is 2.28. The molecule has 0 unspecified atom stereocenters. The van der Waals surface area contributed by atoms with Gasteiger partial charge in [-0.1, -0.05) is 12.1 Å². The summed E-state index contributed by atoms with van der Waals surface area (Å²) in [4.78, 5) is 10.4. The first-order valence-electron chi connectivity index (χ1n) is 5.97. The molecule has 3 nitrogen and oxygen atoms in total. The van der Waals surface area contributed by atoms with Gasteiger partial charge in [0.25, 0.3) is 0 Å². The van der Waals surface area contributed by atoms with E-state index >= 15 is 0 Å². The smallest absolute Gasteiger partial charge is 0.123 e. The summed E-state index contributed by atoms with van der Waals surface area (Å²) in [6.45, 7) is 1.39. The molecule has 0 radical (unpaired) electrons. The molecule has 1 aliphatic rings. The molecule has 0 saturated heterocycles. The van der Waals surface area contributed by atoms with Gasteiger partial charge < -0.3 is 14.3 Å². The highest BCUT2D eigenvalue weighted by Crippen LogP contribution is 2.32. The molecule has 1 saturated carbocycles. The molecule has 1 fully saturated rings. The van der Waals surface area contributed by atoms with Gasteiger partial charge in [-0.15, -0.1) is 0 Å². The average Bonchev–Trinajstić information content (AvgIpc) is 2.33. The topological polar surface area (TPSA) is 35.5 Å². The van der Waals surface area contributed by atoms with Gasteiger partial charge in [-0.3, -0.25) is 0 Å². The summed E-state index contributed by atoms with van der Waals surface area (Å²) < 4.78 is 10.7. The molecule has 1 aliphatic carbocycles. The Balaban J connectivity index is 1.66. The van der Waals surface area contributed by atoms with E-state index in [1.54, 1.807) is 7.11 Å². The molecule has 92 valence electrons. The first kappa shape index (κ1) is 12.1. The van der Waals surface area contributed by atoms with E-state index in [0.29, 0.717) is 12.5 Å². The van der Waals surface area contributed by atoms with Crippen LogP contribution in [0.15, 0.2) is 24.3 Å². The summed E-state index contributed by atoms with van der Waals surface area (Å²) in [7, 11) is 1.66. The zero-order valence-corrected chi connectivity index (χ0v) is 10.1. The van der Waals surface area contributed by atoms with Crippen molar-refractivity contribution in [1.29, 1.82) is 0 Å². The minimum atomic E-state index is 0.282. The van der Waals surface area contributed by atoms with E-state index in [9.17, 15) is 4.79 Å². The standard InChI is InChI=1S/C14H18O3/c1-16-14-4-2-11(3-5-14)9-17-10-13-6-12(7-13)8-15/h2-5,8,12-13H,6-7,9-10H2,1H3. The quantitative estimate of drug-likeness (QED) is 0.709. The normalized spacial score (nSPS) is 22.9. The van der Waals surface area contributed by atoms with Crippen LogP contribution in [-0.2, 0) is 16.1 Å². The Bertz CT molecular complexity index is 352. The van der Waals surface area contributed by atoms with E-state index in [-0.39, 0.29) is 5.92 Å². The van der Waals surface area contributed by atoms with Crippen LogP contribution >= 0.6 is 0 Å².